The SMILES string of the molecule is O=C(NCc1cc2ccc(F)cc2[nH]c1=O)[C@@H]1CC2(CCNCC2)CN1. The van der Waals surface area contributed by atoms with Gasteiger partial charge in [-0.3, -0.25) is 9.59 Å². The fraction of sp³-hybridized carbons (Fsp3) is 0.474. The van der Waals surface area contributed by atoms with E-state index in [0.29, 0.717) is 11.1 Å². The number of hydrogen-bond donors (Lipinski definition) is 4. The lowest BCUT2D eigenvalue weighted by atomic mass is 9.77. The van der Waals surface area contributed by atoms with Gasteiger partial charge in [0.05, 0.1) is 11.6 Å². The summed E-state index contributed by atoms with van der Waals surface area (Å²) in [6.07, 6.45) is 3.02. The molecular formula is C19H23FN4O2. The third kappa shape index (κ3) is 3.37. The number of benzene rings is 1. The molecule has 1 atom stereocenters. The van der Waals surface area contributed by atoms with E-state index in [9.17, 15) is 14.0 Å². The summed E-state index contributed by atoms with van der Waals surface area (Å²) in [7, 11) is 0. The summed E-state index contributed by atoms with van der Waals surface area (Å²) in [5.74, 6) is -0.465. The van der Waals surface area contributed by atoms with E-state index < -0.39 is 5.82 Å². The lowest BCUT2D eigenvalue weighted by Gasteiger charge is -2.33. The number of amides is 1. The Labute approximate surface area is 150 Å². The smallest absolute Gasteiger partial charge is 0.253 e. The lowest BCUT2D eigenvalue weighted by molar-refractivity contribution is -0.123. The van der Waals surface area contributed by atoms with Gasteiger partial charge >= 0.3 is 0 Å². The largest absolute Gasteiger partial charge is 0.350 e. The molecule has 6 nitrogen and oxygen atoms in total. The number of nitrogens with one attached hydrogen (secondary N) is 4. The van der Waals surface area contributed by atoms with Crippen LogP contribution in [0.4, 0.5) is 4.39 Å². The second-order valence-corrected chi connectivity index (χ2v) is 7.46. The molecular weight excluding hydrogens is 335 g/mol. The Hall–Kier alpha value is -2.25. The number of fused-ring (bicyclic) bond motifs is 1. The monoisotopic (exact) mass is 358 g/mol. The van der Waals surface area contributed by atoms with E-state index in [-0.39, 0.29) is 29.5 Å². The average Bonchev–Trinajstić information content (AvgIpc) is 3.04. The third-order valence-electron chi connectivity index (χ3n) is 5.68. The highest BCUT2D eigenvalue weighted by Crippen LogP contribution is 2.37. The van der Waals surface area contributed by atoms with Gasteiger partial charge in [-0.2, -0.15) is 0 Å². The summed E-state index contributed by atoms with van der Waals surface area (Å²) in [5.41, 5.74) is 0.831. The first-order valence-electron chi connectivity index (χ1n) is 9.08. The molecule has 4 N–H and O–H groups in total. The molecule has 0 bridgehead atoms. The van der Waals surface area contributed by atoms with Crippen LogP contribution in [0.2, 0.25) is 0 Å². The van der Waals surface area contributed by atoms with Crippen LogP contribution in [0, 0.1) is 11.2 Å². The van der Waals surface area contributed by atoms with Crippen molar-refractivity contribution in [3.05, 3.63) is 46.0 Å². The van der Waals surface area contributed by atoms with E-state index in [2.05, 4.69) is 20.9 Å². The van der Waals surface area contributed by atoms with Gasteiger partial charge in [0, 0.05) is 18.7 Å². The van der Waals surface area contributed by atoms with E-state index in [1.54, 1.807) is 12.1 Å². The van der Waals surface area contributed by atoms with E-state index >= 15 is 0 Å². The minimum Gasteiger partial charge on any atom is -0.350 e. The lowest BCUT2D eigenvalue weighted by Crippen LogP contribution is -2.40. The third-order valence-corrected chi connectivity index (χ3v) is 5.68. The van der Waals surface area contributed by atoms with Gasteiger partial charge in [-0.1, -0.05) is 0 Å². The molecule has 2 fully saturated rings. The molecule has 1 amide bonds. The Morgan fingerprint density at radius 3 is 2.88 bits per heavy atom. The zero-order valence-corrected chi connectivity index (χ0v) is 14.5. The van der Waals surface area contributed by atoms with E-state index in [4.69, 9.17) is 0 Å². The van der Waals surface area contributed by atoms with Crippen LogP contribution >= 0.6 is 0 Å². The number of aromatic nitrogens is 1. The predicted molar refractivity (Wildman–Crippen MR) is 97.3 cm³/mol. The molecule has 2 aliphatic rings. The van der Waals surface area contributed by atoms with E-state index in [0.717, 1.165) is 44.3 Å². The Kier molecular flexibility index (Phi) is 4.50. The predicted octanol–water partition coefficient (Wildman–Crippen LogP) is 1.02. The number of rotatable bonds is 3. The fourth-order valence-electron chi connectivity index (χ4n) is 4.10. The second kappa shape index (κ2) is 6.81. The molecule has 26 heavy (non-hydrogen) atoms. The molecule has 2 aliphatic heterocycles. The summed E-state index contributed by atoms with van der Waals surface area (Å²) in [5, 5.41) is 10.3. The minimum atomic E-state index is -0.395. The topological polar surface area (TPSA) is 86.0 Å². The Morgan fingerprint density at radius 1 is 1.27 bits per heavy atom. The molecule has 138 valence electrons. The summed E-state index contributed by atoms with van der Waals surface area (Å²) in [6, 6.07) is 5.75. The Bertz CT molecular complexity index is 889. The maximum atomic E-state index is 13.3. The summed E-state index contributed by atoms with van der Waals surface area (Å²) in [4.78, 5) is 27.4. The molecule has 2 saturated heterocycles. The molecule has 2 aromatic rings. The van der Waals surface area contributed by atoms with Gasteiger partial charge < -0.3 is 20.9 Å². The average molecular weight is 358 g/mol. The first-order valence-corrected chi connectivity index (χ1v) is 9.08. The van der Waals surface area contributed by atoms with Crippen molar-refractivity contribution in [3.8, 4) is 0 Å². The van der Waals surface area contributed by atoms with Crippen LogP contribution in [0.1, 0.15) is 24.8 Å². The van der Waals surface area contributed by atoms with Gasteiger partial charge in [-0.05, 0) is 67.4 Å². The maximum Gasteiger partial charge on any atom is 0.253 e. The summed E-state index contributed by atoms with van der Waals surface area (Å²) < 4.78 is 13.3. The molecule has 7 heteroatoms. The van der Waals surface area contributed by atoms with Crippen LogP contribution in [0.25, 0.3) is 10.9 Å². The highest BCUT2D eigenvalue weighted by molar-refractivity contribution is 5.82. The highest BCUT2D eigenvalue weighted by Gasteiger charge is 2.41. The number of aromatic amines is 1. The van der Waals surface area contributed by atoms with Gasteiger partial charge in [0.25, 0.3) is 5.56 Å². The number of H-pyrrole nitrogens is 1. The van der Waals surface area contributed by atoms with Crippen molar-refractivity contribution in [2.45, 2.75) is 31.8 Å². The quantitative estimate of drug-likeness (QED) is 0.660. The Balaban J connectivity index is 1.42. The van der Waals surface area contributed by atoms with Crippen molar-refractivity contribution in [1.82, 2.24) is 20.9 Å². The number of hydrogen-bond acceptors (Lipinski definition) is 4. The maximum absolute atomic E-state index is 13.3. The molecule has 3 heterocycles. The molecule has 1 spiro atoms. The van der Waals surface area contributed by atoms with Crippen LogP contribution < -0.4 is 21.5 Å². The first kappa shape index (κ1) is 17.2. The molecule has 4 rings (SSSR count). The Morgan fingerprint density at radius 2 is 2.08 bits per heavy atom. The second-order valence-electron chi connectivity index (χ2n) is 7.46. The number of piperidine rings is 1. The normalized spacial score (nSPS) is 22.0. The van der Waals surface area contributed by atoms with Crippen LogP contribution in [0.15, 0.2) is 29.1 Å². The molecule has 0 aliphatic carbocycles. The fourth-order valence-corrected chi connectivity index (χ4v) is 4.10. The van der Waals surface area contributed by atoms with Crippen LogP contribution in [0.3, 0.4) is 0 Å². The summed E-state index contributed by atoms with van der Waals surface area (Å²) in [6.45, 7) is 3.04. The highest BCUT2D eigenvalue weighted by atomic mass is 19.1. The zero-order valence-electron chi connectivity index (χ0n) is 14.5. The van der Waals surface area contributed by atoms with Gasteiger partial charge in [-0.25, -0.2) is 4.39 Å². The molecule has 0 unspecified atom stereocenters. The molecule has 0 saturated carbocycles. The number of halogens is 1. The van der Waals surface area contributed by atoms with Crippen molar-refractivity contribution in [2.24, 2.45) is 5.41 Å². The molecule has 1 aromatic carbocycles. The zero-order chi connectivity index (χ0) is 18.1. The van der Waals surface area contributed by atoms with Gasteiger partial charge in [-0.15, -0.1) is 0 Å². The van der Waals surface area contributed by atoms with Crippen LogP contribution in [-0.2, 0) is 11.3 Å². The van der Waals surface area contributed by atoms with Crippen LogP contribution in [0.5, 0.6) is 0 Å². The van der Waals surface area contributed by atoms with Crippen molar-refractivity contribution < 1.29 is 9.18 Å². The van der Waals surface area contributed by atoms with E-state index in [1.165, 1.54) is 12.1 Å². The number of pyridine rings is 1. The van der Waals surface area contributed by atoms with Crippen molar-refractivity contribution >= 4 is 16.8 Å². The minimum absolute atomic E-state index is 0.0704. The molecule has 0 radical (unpaired) electrons. The number of carbonyl (C=O) groups excluding carboxylic acids is 1. The number of carbonyl (C=O) groups is 1. The van der Waals surface area contributed by atoms with E-state index in [1.807, 2.05) is 0 Å². The van der Waals surface area contributed by atoms with Gasteiger partial charge in [0.2, 0.25) is 5.91 Å². The van der Waals surface area contributed by atoms with Crippen molar-refractivity contribution in [1.29, 1.82) is 0 Å². The first-order chi connectivity index (χ1) is 12.5. The van der Waals surface area contributed by atoms with Crippen molar-refractivity contribution in [2.75, 3.05) is 19.6 Å². The summed E-state index contributed by atoms with van der Waals surface area (Å²) >= 11 is 0. The molecule has 1 aromatic heterocycles. The van der Waals surface area contributed by atoms with Gasteiger partial charge in [0.15, 0.2) is 0 Å². The van der Waals surface area contributed by atoms with Crippen LogP contribution in [-0.4, -0.2) is 36.6 Å². The van der Waals surface area contributed by atoms with Gasteiger partial charge in [0.1, 0.15) is 5.82 Å². The standard InChI is InChI=1S/C19H23FN4O2/c20-14-2-1-12-7-13(17(25)24-15(12)8-14)10-22-18(26)16-9-19(11-23-16)3-5-21-6-4-19/h1-2,7-8,16,21,23H,3-6,9-11H2,(H,22,26)(H,24,25)/t16-/m0/s1. The van der Waals surface area contributed by atoms with Crippen molar-refractivity contribution in [3.63, 3.8) is 0 Å².